The number of phenols is 1. The monoisotopic (exact) mass is 328 g/mol. The molecule has 24 heavy (non-hydrogen) atoms. The zero-order valence-electron chi connectivity index (χ0n) is 13.0. The van der Waals surface area contributed by atoms with Crippen LogP contribution in [0.4, 0.5) is 0 Å². The summed E-state index contributed by atoms with van der Waals surface area (Å²) in [4.78, 5) is 11.5. The Balaban J connectivity index is 1.71. The van der Waals surface area contributed by atoms with Crippen LogP contribution in [0.15, 0.2) is 36.4 Å². The van der Waals surface area contributed by atoms with Gasteiger partial charge in [-0.05, 0) is 23.8 Å². The molecule has 2 aromatic carbocycles. The molecule has 0 aromatic heterocycles. The molecule has 2 aliphatic heterocycles. The first-order chi connectivity index (χ1) is 11.6. The average Bonchev–Trinajstić information content (AvgIpc) is 3.01. The first-order valence-corrected chi connectivity index (χ1v) is 7.65. The Labute approximate surface area is 138 Å². The van der Waals surface area contributed by atoms with E-state index in [1.54, 1.807) is 18.2 Å². The summed E-state index contributed by atoms with van der Waals surface area (Å²) in [5.41, 5.74) is 1.70. The molecule has 2 aromatic rings. The minimum atomic E-state index is -0.488. The molecule has 0 aliphatic carbocycles. The lowest BCUT2D eigenvalue weighted by atomic mass is 9.94. The zero-order valence-corrected chi connectivity index (χ0v) is 13.0. The highest BCUT2D eigenvalue weighted by Gasteiger charge is 2.34. The largest absolute Gasteiger partial charge is 0.508 e. The van der Waals surface area contributed by atoms with E-state index in [4.69, 9.17) is 18.9 Å². The number of hydrogen-bond donors (Lipinski definition) is 1. The van der Waals surface area contributed by atoms with E-state index < -0.39 is 12.2 Å². The van der Waals surface area contributed by atoms with E-state index in [1.165, 1.54) is 6.92 Å². The van der Waals surface area contributed by atoms with Crippen molar-refractivity contribution in [1.29, 1.82) is 0 Å². The maximum atomic E-state index is 11.5. The third kappa shape index (κ3) is 2.60. The SMILES string of the molecule is CC(=O)O[C@@H]1Cc2ccc(O)cc2O[C@@H]1c1ccc2c(c1)OCO2. The van der Waals surface area contributed by atoms with Crippen molar-refractivity contribution in [2.45, 2.75) is 25.6 Å². The summed E-state index contributed by atoms with van der Waals surface area (Å²) in [6.07, 6.45) is -0.438. The number of carbonyl (C=O) groups excluding carboxylic acids is 1. The summed E-state index contributed by atoms with van der Waals surface area (Å²) in [6.45, 7) is 1.57. The molecule has 4 rings (SSSR count). The molecule has 0 spiro atoms. The van der Waals surface area contributed by atoms with Crippen LogP contribution in [0.5, 0.6) is 23.0 Å². The third-order valence-corrected chi connectivity index (χ3v) is 4.11. The van der Waals surface area contributed by atoms with Crippen molar-refractivity contribution in [2.24, 2.45) is 0 Å². The number of carbonyl (C=O) groups is 1. The minimum absolute atomic E-state index is 0.129. The van der Waals surface area contributed by atoms with Gasteiger partial charge in [0, 0.05) is 25.0 Å². The molecule has 2 aliphatic rings. The maximum Gasteiger partial charge on any atom is 0.303 e. The fraction of sp³-hybridized carbons (Fsp3) is 0.278. The van der Waals surface area contributed by atoms with Crippen LogP contribution in [0, 0.1) is 0 Å². The van der Waals surface area contributed by atoms with E-state index in [9.17, 15) is 9.90 Å². The predicted molar refractivity (Wildman–Crippen MR) is 83.3 cm³/mol. The second-order valence-electron chi connectivity index (χ2n) is 5.80. The lowest BCUT2D eigenvalue weighted by Crippen LogP contribution is -2.34. The Morgan fingerprint density at radius 3 is 2.79 bits per heavy atom. The van der Waals surface area contributed by atoms with Crippen LogP contribution in [-0.4, -0.2) is 24.0 Å². The van der Waals surface area contributed by atoms with Crippen molar-refractivity contribution < 1.29 is 28.8 Å². The van der Waals surface area contributed by atoms with Crippen molar-refractivity contribution in [3.8, 4) is 23.0 Å². The molecule has 2 atom stereocenters. The highest BCUT2D eigenvalue weighted by atomic mass is 16.7. The van der Waals surface area contributed by atoms with E-state index in [-0.39, 0.29) is 18.5 Å². The van der Waals surface area contributed by atoms with Gasteiger partial charge in [0.2, 0.25) is 6.79 Å². The number of ether oxygens (including phenoxy) is 4. The van der Waals surface area contributed by atoms with Gasteiger partial charge in [0.05, 0.1) is 0 Å². The molecular formula is C18H16O6. The Morgan fingerprint density at radius 1 is 1.12 bits per heavy atom. The highest BCUT2D eigenvalue weighted by molar-refractivity contribution is 5.66. The average molecular weight is 328 g/mol. The van der Waals surface area contributed by atoms with Crippen LogP contribution >= 0.6 is 0 Å². The lowest BCUT2D eigenvalue weighted by molar-refractivity contribution is -0.152. The molecule has 6 heteroatoms. The maximum absolute atomic E-state index is 11.5. The predicted octanol–water partition coefficient (Wildman–Crippen LogP) is 2.73. The molecule has 0 fully saturated rings. The summed E-state index contributed by atoms with van der Waals surface area (Å²) >= 11 is 0. The number of fused-ring (bicyclic) bond motifs is 2. The van der Waals surface area contributed by atoms with E-state index in [1.807, 2.05) is 18.2 Å². The summed E-state index contributed by atoms with van der Waals surface area (Å²) in [5, 5.41) is 9.68. The van der Waals surface area contributed by atoms with Gasteiger partial charge in [0.15, 0.2) is 17.6 Å². The smallest absolute Gasteiger partial charge is 0.303 e. The molecule has 0 saturated heterocycles. The number of aromatic hydroxyl groups is 1. The minimum Gasteiger partial charge on any atom is -0.508 e. The second kappa shape index (κ2) is 5.63. The van der Waals surface area contributed by atoms with E-state index in [0.29, 0.717) is 23.7 Å². The molecule has 2 heterocycles. The van der Waals surface area contributed by atoms with E-state index in [0.717, 1.165) is 11.1 Å². The van der Waals surface area contributed by atoms with Crippen molar-refractivity contribution in [3.63, 3.8) is 0 Å². The quantitative estimate of drug-likeness (QED) is 0.855. The van der Waals surface area contributed by atoms with Crippen molar-refractivity contribution in [3.05, 3.63) is 47.5 Å². The standard InChI is InChI=1S/C18H16O6/c1-10(19)23-17-6-11-2-4-13(20)8-15(11)24-18(17)12-3-5-14-16(7-12)22-9-21-14/h2-5,7-8,17-18,20H,6,9H2,1H3/t17-,18-/m1/s1. The van der Waals surface area contributed by atoms with Gasteiger partial charge in [0.1, 0.15) is 17.6 Å². The number of phenolic OH excluding ortho intramolecular Hbond substituents is 1. The number of benzene rings is 2. The second-order valence-corrected chi connectivity index (χ2v) is 5.80. The van der Waals surface area contributed by atoms with Gasteiger partial charge in [-0.25, -0.2) is 0 Å². The van der Waals surface area contributed by atoms with Crippen molar-refractivity contribution in [2.75, 3.05) is 6.79 Å². The third-order valence-electron chi connectivity index (χ3n) is 4.11. The first-order valence-electron chi connectivity index (χ1n) is 7.65. The molecule has 6 nitrogen and oxygen atoms in total. The molecule has 0 amide bonds. The summed E-state index contributed by atoms with van der Waals surface area (Å²) in [5.74, 6) is 1.66. The van der Waals surface area contributed by atoms with Crippen LogP contribution in [0.1, 0.15) is 24.2 Å². The molecule has 0 saturated carbocycles. The van der Waals surface area contributed by atoms with Gasteiger partial charge in [-0.1, -0.05) is 12.1 Å². The van der Waals surface area contributed by atoms with Crippen molar-refractivity contribution >= 4 is 5.97 Å². The van der Waals surface area contributed by atoms with Gasteiger partial charge in [-0.3, -0.25) is 4.79 Å². The lowest BCUT2D eigenvalue weighted by Gasteiger charge is -2.33. The molecule has 0 unspecified atom stereocenters. The van der Waals surface area contributed by atoms with Gasteiger partial charge >= 0.3 is 5.97 Å². The number of rotatable bonds is 2. The van der Waals surface area contributed by atoms with Crippen LogP contribution in [0.2, 0.25) is 0 Å². The van der Waals surface area contributed by atoms with Crippen LogP contribution in [0.3, 0.4) is 0 Å². The topological polar surface area (TPSA) is 74.2 Å². The van der Waals surface area contributed by atoms with Gasteiger partial charge in [0.25, 0.3) is 0 Å². The number of hydrogen-bond acceptors (Lipinski definition) is 6. The first kappa shape index (κ1) is 14.7. The molecule has 0 radical (unpaired) electrons. The molecular weight excluding hydrogens is 312 g/mol. The van der Waals surface area contributed by atoms with Crippen LogP contribution in [0.25, 0.3) is 0 Å². The number of esters is 1. The molecule has 0 bridgehead atoms. The van der Waals surface area contributed by atoms with E-state index >= 15 is 0 Å². The van der Waals surface area contributed by atoms with Crippen LogP contribution in [-0.2, 0) is 16.0 Å². The van der Waals surface area contributed by atoms with Crippen LogP contribution < -0.4 is 14.2 Å². The fourth-order valence-electron chi connectivity index (χ4n) is 3.05. The summed E-state index contributed by atoms with van der Waals surface area (Å²) in [6, 6.07) is 10.4. The highest BCUT2D eigenvalue weighted by Crippen LogP contribution is 2.41. The Hall–Kier alpha value is -2.89. The summed E-state index contributed by atoms with van der Waals surface area (Å²) < 4.78 is 22.2. The zero-order chi connectivity index (χ0) is 16.7. The van der Waals surface area contributed by atoms with Gasteiger partial charge < -0.3 is 24.1 Å². The fourth-order valence-corrected chi connectivity index (χ4v) is 3.05. The van der Waals surface area contributed by atoms with Gasteiger partial charge in [-0.2, -0.15) is 0 Å². The Bertz CT molecular complexity index is 800. The molecule has 124 valence electrons. The summed E-state index contributed by atoms with van der Waals surface area (Å²) in [7, 11) is 0. The normalized spacial score (nSPS) is 20.9. The Morgan fingerprint density at radius 2 is 1.96 bits per heavy atom. The van der Waals surface area contributed by atoms with Gasteiger partial charge in [-0.15, -0.1) is 0 Å². The van der Waals surface area contributed by atoms with E-state index in [2.05, 4.69) is 0 Å². The Kier molecular flexibility index (Phi) is 3.45. The van der Waals surface area contributed by atoms with Crippen molar-refractivity contribution in [1.82, 2.24) is 0 Å². The molecule has 1 N–H and O–H groups in total.